The molecule has 3 amide bonds. The average Bonchev–Trinajstić information content (AvgIpc) is 3.07. The molecule has 2 aliphatic heterocycles. The van der Waals surface area contributed by atoms with Gasteiger partial charge in [0.2, 0.25) is 11.8 Å². The molecule has 2 heterocycles. The van der Waals surface area contributed by atoms with Crippen LogP contribution in [0.2, 0.25) is 0 Å². The van der Waals surface area contributed by atoms with E-state index in [-0.39, 0.29) is 17.7 Å². The van der Waals surface area contributed by atoms with Gasteiger partial charge in [0.05, 0.1) is 6.10 Å². The predicted octanol–water partition coefficient (Wildman–Crippen LogP) is 4.29. The first-order chi connectivity index (χ1) is 21.8. The van der Waals surface area contributed by atoms with Gasteiger partial charge in [-0.3, -0.25) is 19.3 Å². The second kappa shape index (κ2) is 14.7. The van der Waals surface area contributed by atoms with Crippen LogP contribution < -0.4 is 15.4 Å². The number of aliphatic hydroxyl groups excluding tert-OH is 1. The summed E-state index contributed by atoms with van der Waals surface area (Å²) in [4.78, 5) is 43.4. The molecule has 3 N–H and O–H groups in total. The molecule has 2 atom stereocenters. The number of aliphatic hydroxyl groups is 1. The van der Waals surface area contributed by atoms with Crippen molar-refractivity contribution in [2.75, 3.05) is 26.7 Å². The van der Waals surface area contributed by atoms with Crippen molar-refractivity contribution in [3.8, 4) is 11.5 Å². The van der Waals surface area contributed by atoms with E-state index in [9.17, 15) is 19.5 Å². The Morgan fingerprint density at radius 1 is 0.978 bits per heavy atom. The van der Waals surface area contributed by atoms with Crippen LogP contribution in [-0.4, -0.2) is 77.0 Å². The third-order valence-electron chi connectivity index (χ3n) is 9.04. The van der Waals surface area contributed by atoms with E-state index < -0.39 is 17.7 Å². The highest BCUT2D eigenvalue weighted by molar-refractivity contribution is 6.00. The van der Waals surface area contributed by atoms with E-state index in [1.54, 1.807) is 36.2 Å². The van der Waals surface area contributed by atoms with Crippen LogP contribution in [0.1, 0.15) is 60.5 Å². The van der Waals surface area contributed by atoms with Crippen molar-refractivity contribution < 1.29 is 24.2 Å². The van der Waals surface area contributed by atoms with Gasteiger partial charge >= 0.3 is 0 Å². The number of rotatable bonds is 12. The molecule has 5 rings (SSSR count). The smallest absolute Gasteiger partial charge is 0.251 e. The minimum absolute atomic E-state index is 0.142. The lowest BCUT2D eigenvalue weighted by Gasteiger charge is -2.52. The van der Waals surface area contributed by atoms with Crippen molar-refractivity contribution >= 4 is 17.7 Å². The van der Waals surface area contributed by atoms with Crippen molar-refractivity contribution in [2.45, 2.75) is 69.7 Å². The summed E-state index contributed by atoms with van der Waals surface area (Å²) in [6.45, 7) is 4.68. The monoisotopic (exact) mass is 612 g/mol. The number of amides is 3. The number of piperidine rings is 1. The molecule has 3 aromatic rings. The first-order valence-corrected chi connectivity index (χ1v) is 16.0. The Kier molecular flexibility index (Phi) is 10.5. The minimum atomic E-state index is -0.947. The molecule has 0 aliphatic carbocycles. The number of hydrogen-bond acceptors (Lipinski definition) is 6. The van der Waals surface area contributed by atoms with Gasteiger partial charge in [-0.05, 0) is 79.6 Å². The van der Waals surface area contributed by atoms with Crippen LogP contribution in [0.25, 0.3) is 0 Å². The molecule has 2 aliphatic rings. The number of likely N-dealkylation sites (tertiary alicyclic amines) is 1. The highest BCUT2D eigenvalue weighted by Crippen LogP contribution is 2.35. The van der Waals surface area contributed by atoms with Gasteiger partial charge in [0.25, 0.3) is 5.91 Å². The third kappa shape index (κ3) is 7.54. The highest BCUT2D eigenvalue weighted by Gasteiger charge is 2.54. The molecule has 0 unspecified atom stereocenters. The zero-order valence-corrected chi connectivity index (χ0v) is 26.2. The molecule has 1 spiro atoms. The number of benzene rings is 3. The predicted molar refractivity (Wildman–Crippen MR) is 173 cm³/mol. The van der Waals surface area contributed by atoms with Gasteiger partial charge in [-0.1, -0.05) is 55.8 Å². The highest BCUT2D eigenvalue weighted by atomic mass is 16.5. The zero-order valence-electron chi connectivity index (χ0n) is 26.2. The summed E-state index contributed by atoms with van der Waals surface area (Å²) < 4.78 is 5.95. The summed E-state index contributed by atoms with van der Waals surface area (Å²) in [7, 11) is 1.60. The molecule has 238 valence electrons. The number of piperazine rings is 1. The first kappa shape index (κ1) is 32.2. The van der Waals surface area contributed by atoms with Crippen molar-refractivity contribution in [3.05, 3.63) is 95.6 Å². The van der Waals surface area contributed by atoms with Crippen molar-refractivity contribution in [1.82, 2.24) is 20.4 Å². The number of carbonyl (C=O) groups is 3. The van der Waals surface area contributed by atoms with Crippen LogP contribution in [0.15, 0.2) is 78.9 Å². The standard InChI is InChI=1S/C36H44N4O5/c1-3-4-22-40-34(43)32(31(41)19-12-26-8-6-5-7-9-26)38-35(44)36(40)20-23-39(24-21-36)25-27-10-15-29(16-11-27)45-30-17-13-28(14-18-30)33(42)37-2/h5-11,13-18,31-32,41H,3-4,12,19-25H2,1-2H3,(H,37,42)(H,38,44)/t31-,32-/m1/s1. The summed E-state index contributed by atoms with van der Waals surface area (Å²) in [5.74, 6) is 0.892. The third-order valence-corrected chi connectivity index (χ3v) is 9.04. The number of hydrogen-bond donors (Lipinski definition) is 3. The molecule has 0 radical (unpaired) electrons. The number of nitrogens with zero attached hydrogens (tertiary/aromatic N) is 2. The molecular formula is C36H44N4O5. The normalized spacial score (nSPS) is 18.8. The molecule has 0 bridgehead atoms. The Morgan fingerprint density at radius 3 is 2.24 bits per heavy atom. The lowest BCUT2D eigenvalue weighted by molar-refractivity contribution is -0.164. The molecule has 9 nitrogen and oxygen atoms in total. The van der Waals surface area contributed by atoms with Crippen LogP contribution in [-0.2, 0) is 22.6 Å². The summed E-state index contributed by atoms with van der Waals surface area (Å²) in [5, 5.41) is 16.6. The first-order valence-electron chi connectivity index (χ1n) is 16.0. The van der Waals surface area contributed by atoms with E-state index in [2.05, 4.69) is 22.5 Å². The molecule has 45 heavy (non-hydrogen) atoms. The largest absolute Gasteiger partial charge is 0.457 e. The summed E-state index contributed by atoms with van der Waals surface area (Å²) in [6.07, 6.45) is 2.91. The molecule has 0 saturated carbocycles. The zero-order chi connectivity index (χ0) is 31.8. The van der Waals surface area contributed by atoms with Crippen molar-refractivity contribution in [3.63, 3.8) is 0 Å². The fourth-order valence-electron chi connectivity index (χ4n) is 6.32. The second-order valence-electron chi connectivity index (χ2n) is 12.0. The van der Waals surface area contributed by atoms with Crippen molar-refractivity contribution in [2.24, 2.45) is 0 Å². The molecule has 9 heteroatoms. The van der Waals surface area contributed by atoms with Crippen LogP contribution >= 0.6 is 0 Å². The van der Waals surface area contributed by atoms with E-state index >= 15 is 0 Å². The lowest BCUT2D eigenvalue weighted by atomic mass is 9.80. The molecule has 3 aromatic carbocycles. The maximum absolute atomic E-state index is 13.8. The van der Waals surface area contributed by atoms with E-state index in [1.807, 2.05) is 54.6 Å². The SMILES string of the molecule is CCCCN1C(=O)[C@@H]([C@H](O)CCc2ccccc2)NC(=O)C12CCN(Cc1ccc(Oc3ccc(C(=O)NC)cc3)cc1)CC2. The van der Waals surface area contributed by atoms with Gasteiger partial charge in [-0.2, -0.15) is 0 Å². The molecular weight excluding hydrogens is 568 g/mol. The van der Waals surface area contributed by atoms with Gasteiger partial charge in [0.1, 0.15) is 23.1 Å². The number of nitrogens with one attached hydrogen (secondary N) is 2. The van der Waals surface area contributed by atoms with Gasteiger partial charge in [0, 0.05) is 38.8 Å². The van der Waals surface area contributed by atoms with Gasteiger partial charge in [-0.15, -0.1) is 0 Å². The van der Waals surface area contributed by atoms with E-state index in [0.29, 0.717) is 62.4 Å². The van der Waals surface area contributed by atoms with Gasteiger partial charge in [0.15, 0.2) is 0 Å². The maximum atomic E-state index is 13.8. The number of unbranched alkanes of at least 4 members (excludes halogenated alkanes) is 1. The Hall–Kier alpha value is -4.21. The summed E-state index contributed by atoms with van der Waals surface area (Å²) in [5.41, 5.74) is 1.91. The Bertz CT molecular complexity index is 1440. The molecule has 0 aromatic heterocycles. The minimum Gasteiger partial charge on any atom is -0.457 e. The Labute approximate surface area is 265 Å². The number of aryl methyl sites for hydroxylation is 1. The van der Waals surface area contributed by atoms with Crippen LogP contribution in [0.4, 0.5) is 0 Å². The number of ether oxygens (including phenoxy) is 1. The van der Waals surface area contributed by atoms with Crippen LogP contribution in [0.5, 0.6) is 11.5 Å². The molecule has 2 fully saturated rings. The van der Waals surface area contributed by atoms with Gasteiger partial charge < -0.3 is 25.4 Å². The Balaban J connectivity index is 1.18. The lowest BCUT2D eigenvalue weighted by Crippen LogP contribution is -2.74. The summed E-state index contributed by atoms with van der Waals surface area (Å²) >= 11 is 0. The van der Waals surface area contributed by atoms with E-state index in [1.165, 1.54) is 0 Å². The molecule has 2 saturated heterocycles. The fourth-order valence-corrected chi connectivity index (χ4v) is 6.32. The van der Waals surface area contributed by atoms with Crippen LogP contribution in [0.3, 0.4) is 0 Å². The van der Waals surface area contributed by atoms with E-state index in [0.717, 1.165) is 30.5 Å². The topological polar surface area (TPSA) is 111 Å². The van der Waals surface area contributed by atoms with Crippen LogP contribution in [0, 0.1) is 0 Å². The maximum Gasteiger partial charge on any atom is 0.251 e. The second-order valence-corrected chi connectivity index (χ2v) is 12.0. The number of carbonyl (C=O) groups excluding carboxylic acids is 3. The van der Waals surface area contributed by atoms with Gasteiger partial charge in [-0.25, -0.2) is 0 Å². The fraction of sp³-hybridized carbons (Fsp3) is 0.417. The average molecular weight is 613 g/mol. The Morgan fingerprint density at radius 2 is 1.62 bits per heavy atom. The van der Waals surface area contributed by atoms with Crippen molar-refractivity contribution in [1.29, 1.82) is 0 Å². The van der Waals surface area contributed by atoms with E-state index in [4.69, 9.17) is 4.74 Å². The quantitative estimate of drug-likeness (QED) is 0.282. The summed E-state index contributed by atoms with van der Waals surface area (Å²) in [6, 6.07) is 23.9.